The summed E-state index contributed by atoms with van der Waals surface area (Å²) >= 11 is 0. The molecule has 2 heterocycles. The number of hydrogen-bond acceptors (Lipinski definition) is 3. The fraction of sp³-hybridized carbons (Fsp3) is 0.409. The van der Waals surface area contributed by atoms with Gasteiger partial charge in [-0.15, -0.1) is 0 Å². The molecule has 2 aromatic heterocycles. The van der Waals surface area contributed by atoms with Crippen LogP contribution >= 0.6 is 0 Å². The third kappa shape index (κ3) is 4.68. The Labute approximate surface area is 166 Å². The molecule has 0 unspecified atom stereocenters. The van der Waals surface area contributed by atoms with Crippen LogP contribution in [0, 0.1) is 19.8 Å². The Bertz CT molecular complexity index is 925. The van der Waals surface area contributed by atoms with E-state index in [0.717, 1.165) is 23.5 Å². The molecule has 0 spiro atoms. The molecular weight excluding hydrogens is 350 g/mol. The Morgan fingerprint density at radius 1 is 1.18 bits per heavy atom. The van der Waals surface area contributed by atoms with Crippen LogP contribution in [0.15, 0.2) is 42.7 Å². The van der Waals surface area contributed by atoms with E-state index in [2.05, 4.69) is 41.0 Å². The molecule has 0 aliphatic carbocycles. The van der Waals surface area contributed by atoms with Crippen LogP contribution in [0.3, 0.4) is 0 Å². The van der Waals surface area contributed by atoms with Crippen molar-refractivity contribution in [3.8, 4) is 5.69 Å². The smallest absolute Gasteiger partial charge is 0.220 e. The lowest BCUT2D eigenvalue weighted by atomic mass is 10.1. The molecule has 0 aliphatic rings. The van der Waals surface area contributed by atoms with E-state index in [9.17, 15) is 4.79 Å². The van der Waals surface area contributed by atoms with Crippen LogP contribution in [-0.2, 0) is 24.3 Å². The van der Waals surface area contributed by atoms with Gasteiger partial charge in [0.1, 0.15) is 0 Å². The molecule has 28 heavy (non-hydrogen) atoms. The first kappa shape index (κ1) is 19.9. The molecule has 0 saturated carbocycles. The van der Waals surface area contributed by atoms with Crippen LogP contribution in [0.5, 0.6) is 0 Å². The van der Waals surface area contributed by atoms with E-state index >= 15 is 0 Å². The predicted octanol–water partition coefficient (Wildman–Crippen LogP) is 3.59. The molecule has 3 rings (SSSR count). The summed E-state index contributed by atoms with van der Waals surface area (Å²) in [5.74, 6) is 0.592. The highest BCUT2D eigenvalue weighted by atomic mass is 16.1. The first-order valence-corrected chi connectivity index (χ1v) is 9.83. The maximum absolute atomic E-state index is 12.4. The second kappa shape index (κ2) is 8.87. The maximum atomic E-state index is 12.4. The lowest BCUT2D eigenvalue weighted by molar-refractivity contribution is -0.121. The Kier molecular flexibility index (Phi) is 6.29. The van der Waals surface area contributed by atoms with Gasteiger partial charge in [-0.05, 0) is 49.4 Å². The van der Waals surface area contributed by atoms with Gasteiger partial charge in [0.25, 0.3) is 0 Å². The number of carbonyl (C=O) groups is 1. The van der Waals surface area contributed by atoms with Gasteiger partial charge >= 0.3 is 0 Å². The van der Waals surface area contributed by atoms with Gasteiger partial charge in [0.15, 0.2) is 0 Å². The Balaban J connectivity index is 1.59. The van der Waals surface area contributed by atoms with Crippen LogP contribution in [0.25, 0.3) is 5.69 Å². The van der Waals surface area contributed by atoms with Crippen LogP contribution in [0.1, 0.15) is 42.8 Å². The van der Waals surface area contributed by atoms with Gasteiger partial charge in [0.05, 0.1) is 11.4 Å². The van der Waals surface area contributed by atoms with Crippen molar-refractivity contribution >= 4 is 5.91 Å². The summed E-state index contributed by atoms with van der Waals surface area (Å²) in [6.07, 6.45) is 4.82. The van der Waals surface area contributed by atoms with Crippen LogP contribution in [0.2, 0.25) is 0 Å². The zero-order chi connectivity index (χ0) is 20.1. The lowest BCUT2D eigenvalue weighted by Crippen LogP contribution is -2.24. The molecule has 0 aliphatic heterocycles. The normalized spacial score (nSPS) is 11.2. The summed E-state index contributed by atoms with van der Waals surface area (Å²) in [5, 5.41) is 12.0. The minimum Gasteiger partial charge on any atom is -0.352 e. The number of benzene rings is 1. The second-order valence-electron chi connectivity index (χ2n) is 7.58. The average Bonchev–Trinajstić information content (AvgIpc) is 3.28. The first-order chi connectivity index (χ1) is 13.5. The molecule has 148 valence electrons. The Hall–Kier alpha value is -2.89. The first-order valence-electron chi connectivity index (χ1n) is 9.83. The van der Waals surface area contributed by atoms with Gasteiger partial charge in [-0.2, -0.15) is 10.2 Å². The summed E-state index contributed by atoms with van der Waals surface area (Å²) < 4.78 is 3.88. The molecular formula is C22H29N5O. The van der Waals surface area contributed by atoms with Gasteiger partial charge in [0, 0.05) is 37.6 Å². The van der Waals surface area contributed by atoms with Crippen LogP contribution < -0.4 is 5.32 Å². The number of amides is 1. The third-order valence-electron chi connectivity index (χ3n) is 4.89. The number of rotatable bonds is 8. The predicted molar refractivity (Wildman–Crippen MR) is 110 cm³/mol. The van der Waals surface area contributed by atoms with E-state index in [-0.39, 0.29) is 5.91 Å². The molecule has 1 N–H and O–H groups in total. The highest BCUT2D eigenvalue weighted by molar-refractivity contribution is 5.76. The number of aryl methyl sites for hydroxylation is 1. The summed E-state index contributed by atoms with van der Waals surface area (Å²) in [5.41, 5.74) is 5.40. The van der Waals surface area contributed by atoms with Crippen molar-refractivity contribution in [1.82, 2.24) is 24.9 Å². The molecule has 6 nitrogen and oxygen atoms in total. The summed E-state index contributed by atoms with van der Waals surface area (Å²) in [7, 11) is 0. The monoisotopic (exact) mass is 379 g/mol. The molecule has 0 saturated heterocycles. The van der Waals surface area contributed by atoms with Crippen molar-refractivity contribution < 1.29 is 4.79 Å². The second-order valence-corrected chi connectivity index (χ2v) is 7.58. The van der Waals surface area contributed by atoms with Gasteiger partial charge in [0.2, 0.25) is 5.91 Å². The molecule has 0 bridgehead atoms. The van der Waals surface area contributed by atoms with Crippen molar-refractivity contribution in [2.45, 2.75) is 53.6 Å². The van der Waals surface area contributed by atoms with E-state index in [4.69, 9.17) is 0 Å². The molecule has 0 radical (unpaired) electrons. The summed E-state index contributed by atoms with van der Waals surface area (Å²) in [6, 6.07) is 9.86. The minimum atomic E-state index is 0.0469. The van der Waals surface area contributed by atoms with Gasteiger partial charge in [-0.1, -0.05) is 32.0 Å². The maximum Gasteiger partial charge on any atom is 0.220 e. The summed E-state index contributed by atoms with van der Waals surface area (Å²) in [4.78, 5) is 12.4. The molecule has 3 aromatic rings. The molecule has 0 atom stereocenters. The van der Waals surface area contributed by atoms with Crippen molar-refractivity contribution in [2.24, 2.45) is 5.92 Å². The number of hydrogen-bond donors (Lipinski definition) is 1. The molecule has 6 heteroatoms. The molecule has 1 amide bonds. The van der Waals surface area contributed by atoms with Crippen LogP contribution in [-0.4, -0.2) is 25.5 Å². The number of para-hydroxylation sites is 1. The Morgan fingerprint density at radius 3 is 2.68 bits per heavy atom. The topological polar surface area (TPSA) is 64.7 Å². The van der Waals surface area contributed by atoms with E-state index < -0.39 is 0 Å². The van der Waals surface area contributed by atoms with E-state index in [0.29, 0.717) is 25.3 Å². The SMILES string of the molecule is Cc1nn(CC(C)C)c(C)c1CCC(=O)NCc1ccccc1-n1cccn1. The van der Waals surface area contributed by atoms with Gasteiger partial charge in [-0.3, -0.25) is 9.48 Å². The highest BCUT2D eigenvalue weighted by Gasteiger charge is 2.14. The Morgan fingerprint density at radius 2 is 1.96 bits per heavy atom. The number of nitrogens with zero attached hydrogens (tertiary/aromatic N) is 4. The summed E-state index contributed by atoms with van der Waals surface area (Å²) in [6.45, 7) is 9.88. The van der Waals surface area contributed by atoms with E-state index in [1.807, 2.05) is 48.1 Å². The average molecular weight is 380 g/mol. The number of carbonyl (C=O) groups excluding carboxylic acids is 1. The van der Waals surface area contributed by atoms with Crippen molar-refractivity contribution in [3.05, 3.63) is 65.2 Å². The standard InChI is InChI=1S/C22H29N5O/c1-16(2)15-27-18(4)20(17(3)25-27)10-11-22(28)23-14-19-8-5-6-9-21(19)26-13-7-12-24-26/h5-9,12-13,16H,10-11,14-15H2,1-4H3,(H,23,28). The van der Waals surface area contributed by atoms with Crippen LogP contribution in [0.4, 0.5) is 0 Å². The van der Waals surface area contributed by atoms with Gasteiger partial charge in [-0.25, -0.2) is 4.68 Å². The lowest BCUT2D eigenvalue weighted by Gasteiger charge is -2.11. The van der Waals surface area contributed by atoms with Crippen molar-refractivity contribution in [1.29, 1.82) is 0 Å². The molecule has 1 aromatic carbocycles. The number of nitrogens with one attached hydrogen (secondary N) is 1. The van der Waals surface area contributed by atoms with Crippen molar-refractivity contribution in [3.63, 3.8) is 0 Å². The van der Waals surface area contributed by atoms with E-state index in [1.165, 1.54) is 11.3 Å². The third-order valence-corrected chi connectivity index (χ3v) is 4.89. The minimum absolute atomic E-state index is 0.0469. The fourth-order valence-electron chi connectivity index (χ4n) is 3.44. The fourth-order valence-corrected chi connectivity index (χ4v) is 3.44. The zero-order valence-electron chi connectivity index (χ0n) is 17.1. The molecule has 0 fully saturated rings. The van der Waals surface area contributed by atoms with E-state index in [1.54, 1.807) is 6.20 Å². The highest BCUT2D eigenvalue weighted by Crippen LogP contribution is 2.17. The van der Waals surface area contributed by atoms with Gasteiger partial charge < -0.3 is 5.32 Å². The number of aromatic nitrogens is 4. The quantitative estimate of drug-likeness (QED) is 0.650. The van der Waals surface area contributed by atoms with Crippen molar-refractivity contribution in [2.75, 3.05) is 0 Å². The largest absolute Gasteiger partial charge is 0.352 e. The zero-order valence-corrected chi connectivity index (χ0v) is 17.1.